The molecular formula is C13H13ClFN3O. The van der Waals surface area contributed by atoms with Gasteiger partial charge < -0.3 is 5.32 Å². The van der Waals surface area contributed by atoms with Gasteiger partial charge in [-0.05, 0) is 18.6 Å². The molecule has 0 atom stereocenters. The number of halogens is 2. The number of aromatic nitrogens is 2. The van der Waals surface area contributed by atoms with Crippen molar-refractivity contribution in [3.63, 3.8) is 0 Å². The molecule has 0 aliphatic rings. The van der Waals surface area contributed by atoms with E-state index in [1.54, 1.807) is 6.07 Å². The minimum atomic E-state index is -0.622. The first-order valence-corrected chi connectivity index (χ1v) is 6.29. The van der Waals surface area contributed by atoms with Crippen molar-refractivity contribution in [1.29, 1.82) is 0 Å². The average Bonchev–Trinajstić information content (AvgIpc) is 2.80. The standard InChI is InChI=1S/C13H13ClFN3O/c1-2-4-8-7-11(18-17-8)16-13(19)9-5-3-6-10(15)12(9)14/h3,5-7H,2,4H2,1H3,(H2,16,17,18,19). The van der Waals surface area contributed by atoms with Crippen LogP contribution >= 0.6 is 11.6 Å². The zero-order chi connectivity index (χ0) is 13.8. The molecule has 1 heterocycles. The lowest BCUT2D eigenvalue weighted by atomic mass is 10.2. The molecule has 4 nitrogen and oxygen atoms in total. The van der Waals surface area contributed by atoms with Gasteiger partial charge >= 0.3 is 0 Å². The second kappa shape index (κ2) is 5.84. The highest BCUT2D eigenvalue weighted by atomic mass is 35.5. The van der Waals surface area contributed by atoms with Gasteiger partial charge in [0.1, 0.15) is 5.82 Å². The Labute approximate surface area is 115 Å². The second-order valence-corrected chi connectivity index (χ2v) is 4.46. The third-order valence-corrected chi connectivity index (χ3v) is 2.97. The molecule has 0 saturated carbocycles. The van der Waals surface area contributed by atoms with Crippen molar-refractivity contribution in [1.82, 2.24) is 10.2 Å². The Morgan fingerprint density at radius 1 is 1.53 bits per heavy atom. The molecule has 100 valence electrons. The van der Waals surface area contributed by atoms with Gasteiger partial charge in [0.15, 0.2) is 5.82 Å². The number of H-pyrrole nitrogens is 1. The Kier molecular flexibility index (Phi) is 4.16. The van der Waals surface area contributed by atoms with Crippen LogP contribution in [-0.2, 0) is 6.42 Å². The molecule has 1 aromatic carbocycles. The van der Waals surface area contributed by atoms with Crippen LogP contribution in [0.2, 0.25) is 5.02 Å². The molecule has 0 fully saturated rings. The maximum absolute atomic E-state index is 13.2. The number of hydrogen-bond acceptors (Lipinski definition) is 2. The van der Waals surface area contributed by atoms with Gasteiger partial charge in [-0.15, -0.1) is 0 Å². The zero-order valence-corrected chi connectivity index (χ0v) is 11.1. The predicted octanol–water partition coefficient (Wildman–Crippen LogP) is 3.41. The van der Waals surface area contributed by atoms with E-state index >= 15 is 0 Å². The van der Waals surface area contributed by atoms with Crippen molar-refractivity contribution >= 4 is 23.3 Å². The van der Waals surface area contributed by atoms with Crippen LogP contribution in [0.5, 0.6) is 0 Å². The second-order valence-electron chi connectivity index (χ2n) is 4.08. The van der Waals surface area contributed by atoms with Crippen molar-refractivity contribution in [3.8, 4) is 0 Å². The summed E-state index contributed by atoms with van der Waals surface area (Å²) in [6, 6.07) is 5.84. The maximum atomic E-state index is 13.2. The first kappa shape index (κ1) is 13.5. The van der Waals surface area contributed by atoms with Crippen molar-refractivity contribution < 1.29 is 9.18 Å². The molecule has 0 aliphatic carbocycles. The van der Waals surface area contributed by atoms with E-state index in [4.69, 9.17) is 11.6 Å². The van der Waals surface area contributed by atoms with Crippen LogP contribution in [0.3, 0.4) is 0 Å². The highest BCUT2D eigenvalue weighted by Crippen LogP contribution is 2.20. The maximum Gasteiger partial charge on any atom is 0.258 e. The van der Waals surface area contributed by atoms with Crippen LogP contribution in [0.15, 0.2) is 24.3 Å². The number of carbonyl (C=O) groups excluding carboxylic acids is 1. The lowest BCUT2D eigenvalue weighted by Gasteiger charge is -2.04. The summed E-state index contributed by atoms with van der Waals surface area (Å²) in [6.07, 6.45) is 1.83. The average molecular weight is 282 g/mol. The summed E-state index contributed by atoms with van der Waals surface area (Å²) in [5, 5.41) is 9.16. The van der Waals surface area contributed by atoms with Crippen LogP contribution in [0, 0.1) is 5.82 Å². The number of benzene rings is 1. The Bertz CT molecular complexity index is 597. The van der Waals surface area contributed by atoms with E-state index in [1.807, 2.05) is 6.92 Å². The first-order chi connectivity index (χ1) is 9.11. The summed E-state index contributed by atoms with van der Waals surface area (Å²) in [6.45, 7) is 2.05. The van der Waals surface area contributed by atoms with Gasteiger partial charge in [0.2, 0.25) is 0 Å². The van der Waals surface area contributed by atoms with Crippen LogP contribution in [0.4, 0.5) is 10.2 Å². The fourth-order valence-electron chi connectivity index (χ4n) is 1.69. The molecule has 0 unspecified atom stereocenters. The number of amides is 1. The minimum absolute atomic E-state index is 0.0849. The van der Waals surface area contributed by atoms with Crippen molar-refractivity contribution in [2.45, 2.75) is 19.8 Å². The van der Waals surface area contributed by atoms with Crippen LogP contribution in [0.25, 0.3) is 0 Å². The van der Waals surface area contributed by atoms with Gasteiger partial charge in [0.05, 0.1) is 10.6 Å². The van der Waals surface area contributed by atoms with Crippen LogP contribution in [0.1, 0.15) is 29.4 Å². The Morgan fingerprint density at radius 2 is 2.32 bits per heavy atom. The number of hydrogen-bond donors (Lipinski definition) is 2. The third kappa shape index (κ3) is 3.12. The summed E-state index contributed by atoms with van der Waals surface area (Å²) in [4.78, 5) is 11.9. The fraction of sp³-hybridized carbons (Fsp3) is 0.231. The predicted molar refractivity (Wildman–Crippen MR) is 71.9 cm³/mol. The smallest absolute Gasteiger partial charge is 0.258 e. The van der Waals surface area contributed by atoms with Crippen molar-refractivity contribution in [2.75, 3.05) is 5.32 Å². The monoisotopic (exact) mass is 281 g/mol. The van der Waals surface area contributed by atoms with E-state index in [-0.39, 0.29) is 10.6 Å². The molecular weight excluding hydrogens is 269 g/mol. The topological polar surface area (TPSA) is 57.8 Å². The fourth-order valence-corrected chi connectivity index (χ4v) is 1.90. The normalized spacial score (nSPS) is 10.5. The summed E-state index contributed by atoms with van der Waals surface area (Å²) in [7, 11) is 0. The van der Waals surface area contributed by atoms with E-state index in [2.05, 4.69) is 15.5 Å². The van der Waals surface area contributed by atoms with Gasteiger partial charge in [-0.3, -0.25) is 9.89 Å². The highest BCUT2D eigenvalue weighted by Gasteiger charge is 2.14. The molecule has 1 aromatic heterocycles. The lowest BCUT2D eigenvalue weighted by Crippen LogP contribution is -2.13. The summed E-state index contributed by atoms with van der Waals surface area (Å²) < 4.78 is 13.2. The molecule has 0 saturated heterocycles. The number of aromatic amines is 1. The van der Waals surface area contributed by atoms with Gasteiger partial charge in [0, 0.05) is 11.8 Å². The number of aryl methyl sites for hydroxylation is 1. The molecule has 6 heteroatoms. The quantitative estimate of drug-likeness (QED) is 0.902. The van der Waals surface area contributed by atoms with Crippen molar-refractivity contribution in [2.24, 2.45) is 0 Å². The number of nitrogens with zero attached hydrogens (tertiary/aromatic N) is 1. The molecule has 2 rings (SSSR count). The number of rotatable bonds is 4. The Hall–Kier alpha value is -1.88. The molecule has 2 N–H and O–H groups in total. The van der Waals surface area contributed by atoms with E-state index in [1.165, 1.54) is 18.2 Å². The summed E-state index contributed by atoms with van der Waals surface area (Å²) in [5.74, 6) is -0.712. The van der Waals surface area contributed by atoms with Crippen LogP contribution in [-0.4, -0.2) is 16.1 Å². The summed E-state index contributed by atoms with van der Waals surface area (Å²) in [5.41, 5.74) is 1.02. The van der Waals surface area contributed by atoms with Crippen molar-refractivity contribution in [3.05, 3.63) is 46.4 Å². The molecule has 0 aliphatic heterocycles. The Balaban J connectivity index is 2.14. The molecule has 0 bridgehead atoms. The molecule has 1 amide bonds. The van der Waals surface area contributed by atoms with Gasteiger partial charge in [-0.1, -0.05) is 31.0 Å². The number of carbonyl (C=O) groups is 1. The molecule has 19 heavy (non-hydrogen) atoms. The lowest BCUT2D eigenvalue weighted by molar-refractivity contribution is 0.102. The third-order valence-electron chi connectivity index (χ3n) is 2.59. The summed E-state index contributed by atoms with van der Waals surface area (Å²) >= 11 is 5.75. The SMILES string of the molecule is CCCc1cc(NC(=O)c2cccc(F)c2Cl)n[nH]1. The van der Waals surface area contributed by atoms with E-state index in [0.717, 1.165) is 18.5 Å². The minimum Gasteiger partial charge on any atom is -0.305 e. The first-order valence-electron chi connectivity index (χ1n) is 5.91. The number of nitrogens with one attached hydrogen (secondary N) is 2. The van der Waals surface area contributed by atoms with Gasteiger partial charge in [0.25, 0.3) is 5.91 Å². The Morgan fingerprint density at radius 3 is 3.05 bits per heavy atom. The largest absolute Gasteiger partial charge is 0.305 e. The van der Waals surface area contributed by atoms with Gasteiger partial charge in [-0.2, -0.15) is 5.10 Å². The van der Waals surface area contributed by atoms with E-state index in [0.29, 0.717) is 5.82 Å². The van der Waals surface area contributed by atoms with E-state index < -0.39 is 11.7 Å². The van der Waals surface area contributed by atoms with Crippen LogP contribution < -0.4 is 5.32 Å². The number of anilines is 1. The zero-order valence-electron chi connectivity index (χ0n) is 10.3. The highest BCUT2D eigenvalue weighted by molar-refractivity contribution is 6.34. The van der Waals surface area contributed by atoms with Gasteiger partial charge in [-0.25, -0.2) is 4.39 Å². The molecule has 2 aromatic rings. The van der Waals surface area contributed by atoms with E-state index in [9.17, 15) is 9.18 Å². The molecule has 0 radical (unpaired) electrons. The molecule has 0 spiro atoms.